The van der Waals surface area contributed by atoms with Gasteiger partial charge in [0, 0.05) is 29.6 Å². The van der Waals surface area contributed by atoms with Crippen molar-refractivity contribution in [3.05, 3.63) is 59.9 Å². The number of halogens is 1. The Balaban J connectivity index is 1.55. The Morgan fingerprint density at radius 1 is 1.24 bits per heavy atom. The lowest BCUT2D eigenvalue weighted by Gasteiger charge is -2.26. The average Bonchev–Trinajstić information content (AvgIpc) is 3.18. The second-order valence-corrected chi connectivity index (χ2v) is 7.97. The van der Waals surface area contributed by atoms with Crippen LogP contribution in [0.25, 0.3) is 0 Å². The van der Waals surface area contributed by atoms with Crippen molar-refractivity contribution in [1.29, 1.82) is 0 Å². The third-order valence-corrected chi connectivity index (χ3v) is 5.80. The highest BCUT2D eigenvalue weighted by Gasteiger charge is 2.32. The Morgan fingerprint density at radius 2 is 2.03 bits per heavy atom. The van der Waals surface area contributed by atoms with Crippen LogP contribution in [0.2, 0.25) is 0 Å². The molecule has 3 rings (SSSR count). The summed E-state index contributed by atoms with van der Waals surface area (Å²) in [6.45, 7) is 0.706. The zero-order valence-electron chi connectivity index (χ0n) is 16.4. The first-order valence-corrected chi connectivity index (χ1v) is 10.3. The summed E-state index contributed by atoms with van der Waals surface area (Å²) in [4.78, 5) is 28.4. The van der Waals surface area contributed by atoms with E-state index >= 15 is 0 Å². The van der Waals surface area contributed by atoms with E-state index < -0.39 is 0 Å². The van der Waals surface area contributed by atoms with Gasteiger partial charge in [-0.05, 0) is 25.2 Å². The van der Waals surface area contributed by atoms with Crippen molar-refractivity contribution in [3.63, 3.8) is 0 Å². The summed E-state index contributed by atoms with van der Waals surface area (Å²) >= 11 is 1.55. The van der Waals surface area contributed by atoms with Gasteiger partial charge in [0.2, 0.25) is 11.8 Å². The van der Waals surface area contributed by atoms with Crippen LogP contribution in [0.15, 0.2) is 48.5 Å². The molecule has 6 nitrogen and oxygen atoms in total. The Hall–Kier alpha value is -2.58. The van der Waals surface area contributed by atoms with Crippen LogP contribution in [0.1, 0.15) is 10.9 Å². The SMILES string of the molecule is COc1cccc(NC(=O)CN(C)CC(=O)N2CCS[C@@H]2c2ccccc2F)c1. The summed E-state index contributed by atoms with van der Waals surface area (Å²) in [5.74, 6) is 0.743. The van der Waals surface area contributed by atoms with Gasteiger partial charge in [0.1, 0.15) is 16.9 Å². The maximum Gasteiger partial charge on any atom is 0.238 e. The molecule has 2 aromatic rings. The minimum absolute atomic E-state index is 0.0638. The summed E-state index contributed by atoms with van der Waals surface area (Å²) in [5, 5.41) is 2.46. The number of amides is 2. The highest BCUT2D eigenvalue weighted by Crippen LogP contribution is 2.38. The van der Waals surface area contributed by atoms with E-state index in [0.717, 1.165) is 5.75 Å². The number of carbonyl (C=O) groups excluding carboxylic acids is 2. The summed E-state index contributed by atoms with van der Waals surface area (Å²) in [6, 6.07) is 13.6. The van der Waals surface area contributed by atoms with Gasteiger partial charge in [-0.3, -0.25) is 14.5 Å². The normalized spacial score (nSPS) is 16.1. The number of benzene rings is 2. The molecule has 0 spiro atoms. The van der Waals surface area contributed by atoms with E-state index in [1.165, 1.54) is 6.07 Å². The molecule has 0 saturated carbocycles. The van der Waals surface area contributed by atoms with E-state index in [9.17, 15) is 14.0 Å². The molecule has 1 aliphatic heterocycles. The van der Waals surface area contributed by atoms with Crippen molar-refractivity contribution in [2.75, 3.05) is 44.9 Å². The predicted molar refractivity (Wildman–Crippen MR) is 112 cm³/mol. The number of thioether (sulfide) groups is 1. The van der Waals surface area contributed by atoms with E-state index in [0.29, 0.717) is 23.5 Å². The van der Waals surface area contributed by atoms with Gasteiger partial charge in [-0.15, -0.1) is 11.8 Å². The molecule has 2 aromatic carbocycles. The van der Waals surface area contributed by atoms with Gasteiger partial charge in [0.05, 0.1) is 20.2 Å². The van der Waals surface area contributed by atoms with Gasteiger partial charge in [0.25, 0.3) is 0 Å². The third kappa shape index (κ3) is 5.48. The first kappa shape index (κ1) is 21.1. The molecule has 1 fully saturated rings. The highest BCUT2D eigenvalue weighted by molar-refractivity contribution is 7.99. The van der Waals surface area contributed by atoms with Crippen LogP contribution < -0.4 is 10.1 Å². The van der Waals surface area contributed by atoms with Crippen LogP contribution in [0.3, 0.4) is 0 Å². The van der Waals surface area contributed by atoms with Crippen LogP contribution in [0, 0.1) is 5.82 Å². The standard InChI is InChI=1S/C21H24FN3O3S/c1-24(13-19(26)23-15-6-5-7-16(12-15)28-2)14-20(27)25-10-11-29-21(25)17-8-3-4-9-18(17)22/h3-9,12,21H,10-11,13-14H2,1-2H3,(H,23,26)/t21-/m1/s1. The minimum atomic E-state index is -0.331. The Morgan fingerprint density at radius 3 is 2.79 bits per heavy atom. The number of hydrogen-bond donors (Lipinski definition) is 1. The summed E-state index contributed by atoms with van der Waals surface area (Å²) in [7, 11) is 3.27. The molecule has 1 N–H and O–H groups in total. The lowest BCUT2D eigenvalue weighted by atomic mass is 10.2. The smallest absolute Gasteiger partial charge is 0.238 e. The summed E-state index contributed by atoms with van der Waals surface area (Å²) < 4.78 is 19.3. The number of ether oxygens (including phenoxy) is 1. The predicted octanol–water partition coefficient (Wildman–Crippen LogP) is 2.98. The molecule has 1 aliphatic rings. The number of hydrogen-bond acceptors (Lipinski definition) is 5. The van der Waals surface area contributed by atoms with E-state index in [1.54, 1.807) is 78.2 Å². The molecule has 0 radical (unpaired) electrons. The molecule has 0 bridgehead atoms. The molecule has 1 heterocycles. The van der Waals surface area contributed by atoms with Gasteiger partial charge in [-0.2, -0.15) is 0 Å². The molecule has 154 valence electrons. The van der Waals surface area contributed by atoms with Crippen molar-refractivity contribution >= 4 is 29.3 Å². The molecule has 0 aliphatic carbocycles. The maximum atomic E-state index is 14.2. The minimum Gasteiger partial charge on any atom is -0.497 e. The number of likely N-dealkylation sites (N-methyl/N-ethyl adjacent to an activating group) is 1. The Bertz CT molecular complexity index is 880. The molecule has 1 saturated heterocycles. The van der Waals surface area contributed by atoms with Crippen LogP contribution in [-0.2, 0) is 9.59 Å². The van der Waals surface area contributed by atoms with Gasteiger partial charge < -0.3 is 15.0 Å². The highest BCUT2D eigenvalue weighted by atomic mass is 32.2. The molecule has 0 unspecified atom stereocenters. The molecule has 1 atom stereocenters. The van der Waals surface area contributed by atoms with E-state index in [4.69, 9.17) is 4.74 Å². The lowest BCUT2D eigenvalue weighted by molar-refractivity contribution is -0.132. The number of nitrogens with one attached hydrogen (secondary N) is 1. The molecular formula is C21H24FN3O3S. The number of anilines is 1. The maximum absolute atomic E-state index is 14.2. The van der Waals surface area contributed by atoms with Crippen LogP contribution in [-0.4, -0.2) is 61.2 Å². The van der Waals surface area contributed by atoms with Gasteiger partial charge in [0.15, 0.2) is 0 Å². The monoisotopic (exact) mass is 417 g/mol. The van der Waals surface area contributed by atoms with Crippen molar-refractivity contribution in [1.82, 2.24) is 9.80 Å². The second kappa shape index (κ2) is 9.76. The van der Waals surface area contributed by atoms with E-state index in [-0.39, 0.29) is 36.1 Å². The number of nitrogens with zero attached hydrogens (tertiary/aromatic N) is 2. The number of rotatable bonds is 7. The molecule has 29 heavy (non-hydrogen) atoms. The zero-order valence-corrected chi connectivity index (χ0v) is 17.2. The second-order valence-electron chi connectivity index (χ2n) is 6.78. The van der Waals surface area contributed by atoms with Crippen LogP contribution in [0.4, 0.5) is 10.1 Å². The van der Waals surface area contributed by atoms with Gasteiger partial charge >= 0.3 is 0 Å². The first-order valence-electron chi connectivity index (χ1n) is 9.26. The Kier molecular flexibility index (Phi) is 7.11. The molecule has 8 heteroatoms. The number of methoxy groups -OCH3 is 1. The van der Waals surface area contributed by atoms with Crippen molar-refractivity contribution < 1.29 is 18.7 Å². The van der Waals surface area contributed by atoms with Crippen LogP contribution in [0.5, 0.6) is 5.75 Å². The molecule has 2 amide bonds. The third-order valence-electron chi connectivity index (χ3n) is 4.55. The fourth-order valence-corrected chi connectivity index (χ4v) is 4.48. The Labute approximate surface area is 174 Å². The largest absolute Gasteiger partial charge is 0.497 e. The first-order chi connectivity index (χ1) is 14.0. The average molecular weight is 418 g/mol. The summed E-state index contributed by atoms with van der Waals surface area (Å²) in [5.41, 5.74) is 1.14. The van der Waals surface area contributed by atoms with Crippen molar-refractivity contribution in [3.8, 4) is 5.75 Å². The fraction of sp³-hybridized carbons (Fsp3) is 0.333. The quantitative estimate of drug-likeness (QED) is 0.751. The molecule has 0 aromatic heterocycles. The topological polar surface area (TPSA) is 61.9 Å². The zero-order chi connectivity index (χ0) is 20.8. The van der Waals surface area contributed by atoms with Gasteiger partial charge in [-0.1, -0.05) is 24.3 Å². The number of carbonyl (C=O) groups is 2. The van der Waals surface area contributed by atoms with Crippen LogP contribution >= 0.6 is 11.8 Å². The van der Waals surface area contributed by atoms with Gasteiger partial charge in [-0.25, -0.2) is 4.39 Å². The fourth-order valence-electron chi connectivity index (χ4n) is 3.18. The summed E-state index contributed by atoms with van der Waals surface area (Å²) in [6.07, 6.45) is 0. The van der Waals surface area contributed by atoms with Crippen molar-refractivity contribution in [2.45, 2.75) is 5.37 Å². The lowest BCUT2D eigenvalue weighted by Crippen LogP contribution is -2.41. The van der Waals surface area contributed by atoms with E-state index in [2.05, 4.69) is 5.32 Å². The van der Waals surface area contributed by atoms with Crippen molar-refractivity contribution in [2.24, 2.45) is 0 Å². The molecular weight excluding hydrogens is 393 g/mol. The van der Waals surface area contributed by atoms with E-state index in [1.807, 2.05) is 0 Å².